The van der Waals surface area contributed by atoms with E-state index in [0.29, 0.717) is 5.57 Å². The Morgan fingerprint density at radius 1 is 1.55 bits per heavy atom. The molecule has 63 valence electrons. The molecule has 0 bridgehead atoms. The number of carbonyl (C=O) groups excluding carboxylic acids is 1. The molecule has 0 aliphatic heterocycles. The van der Waals surface area contributed by atoms with Gasteiger partial charge in [0.1, 0.15) is 0 Å². The molecule has 0 N–H and O–H groups in total. The summed E-state index contributed by atoms with van der Waals surface area (Å²) in [5, 5.41) is 0. The molecule has 11 heavy (non-hydrogen) atoms. The Balaban J connectivity index is 4.26. The topological polar surface area (TPSA) is 17.1 Å². The van der Waals surface area contributed by atoms with Crippen LogP contribution in [0, 0.1) is 0 Å². The Morgan fingerprint density at radius 2 is 2.00 bits per heavy atom. The van der Waals surface area contributed by atoms with Crippen LogP contribution in [0.5, 0.6) is 0 Å². The van der Waals surface area contributed by atoms with Gasteiger partial charge in [0.2, 0.25) is 0 Å². The van der Waals surface area contributed by atoms with Crippen molar-refractivity contribution >= 4 is 14.6 Å². The van der Waals surface area contributed by atoms with Gasteiger partial charge >= 0.3 is 0 Å². The van der Waals surface area contributed by atoms with E-state index < -0.39 is 8.80 Å². The molecule has 1 atom stereocenters. The van der Waals surface area contributed by atoms with E-state index in [2.05, 4.69) is 26.6 Å². The molecule has 0 rings (SSSR count). The third-order valence-electron chi connectivity index (χ3n) is 1.84. The fraction of sp³-hybridized carbons (Fsp3) is 0.667. The van der Waals surface area contributed by atoms with Crippen molar-refractivity contribution in [2.24, 2.45) is 0 Å². The van der Waals surface area contributed by atoms with Crippen LogP contribution in [-0.2, 0) is 4.79 Å². The first-order chi connectivity index (χ1) is 5.00. The van der Waals surface area contributed by atoms with E-state index in [1.54, 1.807) is 6.92 Å². The van der Waals surface area contributed by atoms with Crippen LogP contribution >= 0.6 is 0 Å². The lowest BCUT2D eigenvalue weighted by Gasteiger charge is -2.15. The molecule has 0 aromatic rings. The molecule has 1 radical (unpaired) electrons. The minimum Gasteiger partial charge on any atom is -0.295 e. The standard InChI is InChI=1S/C9H17OSi/c1-6-8(11(4)5)9(10)7(2)3/h8H,2,6H2,1,3-5H3. The van der Waals surface area contributed by atoms with Gasteiger partial charge in [-0.25, -0.2) is 0 Å². The van der Waals surface area contributed by atoms with Gasteiger partial charge in [-0.1, -0.05) is 26.6 Å². The Hall–Kier alpha value is -0.373. The van der Waals surface area contributed by atoms with E-state index >= 15 is 0 Å². The molecule has 0 aliphatic carbocycles. The van der Waals surface area contributed by atoms with Crippen LogP contribution in [0.1, 0.15) is 20.3 Å². The molecule has 0 spiro atoms. The van der Waals surface area contributed by atoms with Gasteiger partial charge in [-0.3, -0.25) is 4.79 Å². The second-order valence-corrected chi connectivity index (χ2v) is 6.03. The van der Waals surface area contributed by atoms with Gasteiger partial charge in [-0.15, -0.1) is 0 Å². The van der Waals surface area contributed by atoms with E-state index in [-0.39, 0.29) is 11.3 Å². The number of hydrogen-bond donors (Lipinski definition) is 0. The molecule has 0 aromatic carbocycles. The van der Waals surface area contributed by atoms with Crippen molar-refractivity contribution in [2.75, 3.05) is 0 Å². The number of hydrogen-bond acceptors (Lipinski definition) is 1. The van der Waals surface area contributed by atoms with Crippen LogP contribution in [0.2, 0.25) is 18.6 Å². The maximum absolute atomic E-state index is 11.4. The predicted molar refractivity (Wildman–Crippen MR) is 51.3 cm³/mol. The first kappa shape index (κ1) is 10.6. The zero-order valence-corrected chi connectivity index (χ0v) is 8.90. The lowest BCUT2D eigenvalue weighted by atomic mass is 10.1. The summed E-state index contributed by atoms with van der Waals surface area (Å²) >= 11 is 0. The van der Waals surface area contributed by atoms with Crippen LogP contribution in [-0.4, -0.2) is 14.6 Å². The first-order valence-electron chi connectivity index (χ1n) is 4.00. The molecule has 0 heterocycles. The number of allylic oxidation sites excluding steroid dienone is 1. The second kappa shape index (κ2) is 4.49. The van der Waals surface area contributed by atoms with E-state index in [0.717, 1.165) is 6.42 Å². The number of Topliss-reactive ketones (excluding diaryl/α,β-unsaturated/α-hetero) is 1. The molecule has 1 unspecified atom stereocenters. The molecule has 0 fully saturated rings. The molecule has 0 aromatic heterocycles. The third kappa shape index (κ3) is 3.02. The van der Waals surface area contributed by atoms with Gasteiger partial charge in [0.25, 0.3) is 0 Å². The normalized spacial score (nSPS) is 13.2. The van der Waals surface area contributed by atoms with Crippen LogP contribution < -0.4 is 0 Å². The summed E-state index contributed by atoms with van der Waals surface area (Å²) in [4.78, 5) is 11.4. The molecular weight excluding hydrogens is 152 g/mol. The zero-order chi connectivity index (χ0) is 9.02. The highest BCUT2D eigenvalue weighted by Crippen LogP contribution is 2.19. The van der Waals surface area contributed by atoms with Gasteiger partial charge < -0.3 is 0 Å². The van der Waals surface area contributed by atoms with Gasteiger partial charge in [-0.2, -0.15) is 0 Å². The van der Waals surface area contributed by atoms with Crippen molar-refractivity contribution in [1.82, 2.24) is 0 Å². The maximum atomic E-state index is 11.4. The highest BCUT2D eigenvalue weighted by Gasteiger charge is 2.20. The Kier molecular flexibility index (Phi) is 4.34. The molecule has 1 nitrogen and oxygen atoms in total. The van der Waals surface area contributed by atoms with E-state index in [4.69, 9.17) is 0 Å². The van der Waals surface area contributed by atoms with Gasteiger partial charge in [0.15, 0.2) is 5.78 Å². The molecular formula is C9H17OSi. The lowest BCUT2D eigenvalue weighted by molar-refractivity contribution is -0.115. The first-order valence-corrected chi connectivity index (χ1v) is 6.58. The smallest absolute Gasteiger partial charge is 0.158 e. The molecule has 0 aliphatic rings. The van der Waals surface area contributed by atoms with Crippen LogP contribution in [0.15, 0.2) is 12.2 Å². The number of ketones is 1. The molecule has 0 amide bonds. The average Bonchev–Trinajstić information content (AvgIpc) is 1.88. The van der Waals surface area contributed by atoms with Gasteiger partial charge in [0.05, 0.1) is 8.80 Å². The Bertz CT molecular complexity index is 161. The Morgan fingerprint density at radius 3 is 2.09 bits per heavy atom. The largest absolute Gasteiger partial charge is 0.295 e. The van der Waals surface area contributed by atoms with Gasteiger partial charge in [-0.05, 0) is 18.9 Å². The summed E-state index contributed by atoms with van der Waals surface area (Å²) in [6.45, 7) is 11.9. The van der Waals surface area contributed by atoms with E-state index in [1.807, 2.05) is 0 Å². The molecule has 0 saturated carbocycles. The minimum atomic E-state index is -0.478. The lowest BCUT2D eigenvalue weighted by Crippen LogP contribution is -2.21. The van der Waals surface area contributed by atoms with Crippen molar-refractivity contribution in [2.45, 2.75) is 38.9 Å². The summed E-state index contributed by atoms with van der Waals surface area (Å²) in [7, 11) is -0.478. The third-order valence-corrected chi connectivity index (χ3v) is 3.91. The van der Waals surface area contributed by atoms with Crippen molar-refractivity contribution in [3.8, 4) is 0 Å². The van der Waals surface area contributed by atoms with Gasteiger partial charge in [0, 0.05) is 5.54 Å². The van der Waals surface area contributed by atoms with Crippen molar-refractivity contribution < 1.29 is 4.79 Å². The quantitative estimate of drug-likeness (QED) is 0.467. The van der Waals surface area contributed by atoms with Crippen molar-refractivity contribution in [3.05, 3.63) is 12.2 Å². The molecule has 2 heteroatoms. The number of rotatable bonds is 4. The van der Waals surface area contributed by atoms with Crippen LogP contribution in [0.25, 0.3) is 0 Å². The highest BCUT2D eigenvalue weighted by molar-refractivity contribution is 6.62. The van der Waals surface area contributed by atoms with E-state index in [1.165, 1.54) is 0 Å². The van der Waals surface area contributed by atoms with Crippen molar-refractivity contribution in [1.29, 1.82) is 0 Å². The monoisotopic (exact) mass is 169 g/mol. The van der Waals surface area contributed by atoms with Crippen molar-refractivity contribution in [3.63, 3.8) is 0 Å². The summed E-state index contributed by atoms with van der Waals surface area (Å²) in [5.74, 6) is 0.270. The summed E-state index contributed by atoms with van der Waals surface area (Å²) < 4.78 is 0. The highest BCUT2D eigenvalue weighted by atomic mass is 28.3. The minimum absolute atomic E-state index is 0.270. The average molecular weight is 169 g/mol. The number of carbonyl (C=O) groups is 1. The summed E-state index contributed by atoms with van der Waals surface area (Å²) in [6.07, 6.45) is 0.965. The maximum Gasteiger partial charge on any atom is 0.158 e. The zero-order valence-electron chi connectivity index (χ0n) is 7.90. The second-order valence-electron chi connectivity index (χ2n) is 3.18. The Labute approximate surface area is 71.1 Å². The van der Waals surface area contributed by atoms with E-state index in [9.17, 15) is 4.79 Å². The fourth-order valence-corrected chi connectivity index (χ4v) is 2.74. The van der Waals surface area contributed by atoms with Crippen LogP contribution in [0.4, 0.5) is 0 Å². The predicted octanol–water partition coefficient (Wildman–Crippen LogP) is 2.67. The fourth-order valence-electron chi connectivity index (χ4n) is 1.15. The van der Waals surface area contributed by atoms with Crippen LogP contribution in [0.3, 0.4) is 0 Å². The summed E-state index contributed by atoms with van der Waals surface area (Å²) in [5.41, 5.74) is 0.987. The summed E-state index contributed by atoms with van der Waals surface area (Å²) in [6, 6.07) is 0. The SMILES string of the molecule is C=C(C)C(=O)C(CC)[Si](C)C. The molecule has 0 saturated heterocycles.